The molecule has 2 heteroatoms. The van der Waals surface area contributed by atoms with Crippen LogP contribution in [-0.4, -0.2) is 23.8 Å². The van der Waals surface area contributed by atoms with E-state index >= 15 is 0 Å². The highest BCUT2D eigenvalue weighted by Crippen LogP contribution is 2.19. The molecule has 0 aliphatic carbocycles. The van der Waals surface area contributed by atoms with Crippen LogP contribution in [0.2, 0.25) is 0 Å². The smallest absolute Gasteiger partial charge is 0.153 e. The van der Waals surface area contributed by atoms with Crippen LogP contribution >= 0.6 is 0 Å². The van der Waals surface area contributed by atoms with Crippen molar-refractivity contribution in [2.24, 2.45) is 0 Å². The van der Waals surface area contributed by atoms with Crippen molar-refractivity contribution in [3.05, 3.63) is 0 Å². The fraction of sp³-hybridized carbons (Fsp3) is 1.00. The first-order valence-corrected chi connectivity index (χ1v) is 4.61. The lowest BCUT2D eigenvalue weighted by Gasteiger charge is -2.27. The molecule has 0 N–H and O–H groups in total. The van der Waals surface area contributed by atoms with Gasteiger partial charge in [0.25, 0.3) is 0 Å². The van der Waals surface area contributed by atoms with Crippen LogP contribution in [0.5, 0.6) is 0 Å². The quantitative estimate of drug-likeness (QED) is 0.531. The summed E-state index contributed by atoms with van der Waals surface area (Å²) in [6.07, 6.45) is 3.47. The predicted molar refractivity (Wildman–Crippen MR) is 45.2 cm³/mol. The van der Waals surface area contributed by atoms with E-state index < -0.39 is 6.30 Å². The molecular weight excluding hydrogens is 141 g/mol. The highest BCUT2D eigenvalue weighted by atomic mass is 19.1. The number of hydrogen-bond acceptors (Lipinski definition) is 1. The Balaban J connectivity index is 2.45. The normalized spacial score (nSPS) is 28.9. The molecule has 1 nitrogen and oxygen atoms in total. The van der Waals surface area contributed by atoms with Gasteiger partial charge in [-0.05, 0) is 33.1 Å². The monoisotopic (exact) mass is 159 g/mol. The lowest BCUT2D eigenvalue weighted by Crippen LogP contribution is -2.37. The second kappa shape index (κ2) is 4.05. The van der Waals surface area contributed by atoms with E-state index in [0.717, 1.165) is 19.4 Å². The van der Waals surface area contributed by atoms with E-state index in [2.05, 4.69) is 13.8 Å². The van der Waals surface area contributed by atoms with Crippen LogP contribution in [0.3, 0.4) is 0 Å². The Hall–Kier alpha value is -0.110. The summed E-state index contributed by atoms with van der Waals surface area (Å²) in [6.45, 7) is 5.08. The van der Waals surface area contributed by atoms with Gasteiger partial charge in [0.15, 0.2) is 6.30 Å². The van der Waals surface area contributed by atoms with Gasteiger partial charge in [0.1, 0.15) is 0 Å². The standard InChI is InChI=1S/C9H18FN/c1-8(2)11-7-5-3-4-6-9(11)10/h8-9H,3-7H2,1-2H3/t9-/m0/s1. The van der Waals surface area contributed by atoms with Crippen molar-refractivity contribution in [2.75, 3.05) is 6.54 Å². The van der Waals surface area contributed by atoms with Gasteiger partial charge < -0.3 is 0 Å². The Bertz CT molecular complexity index is 114. The lowest BCUT2D eigenvalue weighted by atomic mass is 10.2. The summed E-state index contributed by atoms with van der Waals surface area (Å²) in [6, 6.07) is 0.364. The molecule has 1 heterocycles. The topological polar surface area (TPSA) is 3.24 Å². The van der Waals surface area contributed by atoms with Crippen LogP contribution in [-0.2, 0) is 0 Å². The highest BCUT2D eigenvalue weighted by Gasteiger charge is 2.21. The van der Waals surface area contributed by atoms with Crippen molar-refractivity contribution in [1.29, 1.82) is 0 Å². The zero-order valence-corrected chi connectivity index (χ0v) is 7.52. The van der Waals surface area contributed by atoms with Gasteiger partial charge in [0.2, 0.25) is 0 Å². The second-order valence-corrected chi connectivity index (χ2v) is 3.62. The van der Waals surface area contributed by atoms with Gasteiger partial charge >= 0.3 is 0 Å². The molecule has 0 unspecified atom stereocenters. The number of halogens is 1. The SMILES string of the molecule is CC(C)N1CCCCC[C@H]1F. The van der Waals surface area contributed by atoms with E-state index in [1.54, 1.807) is 0 Å². The maximum absolute atomic E-state index is 13.3. The molecule has 0 spiro atoms. The van der Waals surface area contributed by atoms with Crippen molar-refractivity contribution in [2.45, 2.75) is 51.9 Å². The molecule has 11 heavy (non-hydrogen) atoms. The van der Waals surface area contributed by atoms with Crippen LogP contribution in [0.4, 0.5) is 4.39 Å². The molecule has 1 fully saturated rings. The first-order chi connectivity index (χ1) is 5.22. The molecule has 1 aliphatic rings. The Kier molecular flexibility index (Phi) is 3.31. The van der Waals surface area contributed by atoms with Gasteiger partial charge in [0.05, 0.1) is 0 Å². The van der Waals surface area contributed by atoms with Crippen LogP contribution in [0.15, 0.2) is 0 Å². The molecule has 0 saturated carbocycles. The zero-order valence-electron chi connectivity index (χ0n) is 7.52. The van der Waals surface area contributed by atoms with E-state index in [9.17, 15) is 4.39 Å². The largest absolute Gasteiger partial charge is 0.272 e. The zero-order chi connectivity index (χ0) is 8.27. The summed E-state index contributed by atoms with van der Waals surface area (Å²) in [5.74, 6) is 0. The van der Waals surface area contributed by atoms with Crippen molar-refractivity contribution in [1.82, 2.24) is 4.90 Å². The third-order valence-electron chi connectivity index (χ3n) is 2.38. The average molecular weight is 159 g/mol. The molecule has 0 bridgehead atoms. The Labute approximate surface area is 68.6 Å². The minimum Gasteiger partial charge on any atom is -0.272 e. The molecule has 0 aromatic rings. The third kappa shape index (κ3) is 2.44. The Morgan fingerprint density at radius 2 is 2.00 bits per heavy atom. The van der Waals surface area contributed by atoms with Gasteiger partial charge in [-0.2, -0.15) is 0 Å². The van der Waals surface area contributed by atoms with E-state index in [4.69, 9.17) is 0 Å². The number of alkyl halides is 1. The highest BCUT2D eigenvalue weighted by molar-refractivity contribution is 4.70. The fourth-order valence-corrected chi connectivity index (χ4v) is 1.67. The van der Waals surface area contributed by atoms with Crippen molar-refractivity contribution >= 4 is 0 Å². The molecule has 66 valence electrons. The van der Waals surface area contributed by atoms with Crippen molar-refractivity contribution in [3.8, 4) is 0 Å². The van der Waals surface area contributed by atoms with Crippen LogP contribution in [0, 0.1) is 0 Å². The predicted octanol–water partition coefficient (Wildman–Crippen LogP) is 2.57. The van der Waals surface area contributed by atoms with Gasteiger partial charge in [-0.15, -0.1) is 0 Å². The molecule has 0 aromatic carbocycles. The second-order valence-electron chi connectivity index (χ2n) is 3.62. The molecule has 0 radical (unpaired) electrons. The van der Waals surface area contributed by atoms with Gasteiger partial charge in [-0.1, -0.05) is 6.42 Å². The Morgan fingerprint density at radius 1 is 1.27 bits per heavy atom. The van der Waals surface area contributed by atoms with Gasteiger partial charge in [0, 0.05) is 12.6 Å². The fourth-order valence-electron chi connectivity index (χ4n) is 1.67. The number of hydrogen-bond donors (Lipinski definition) is 0. The third-order valence-corrected chi connectivity index (χ3v) is 2.38. The molecule has 0 amide bonds. The molecular formula is C9H18FN. The van der Waals surface area contributed by atoms with Crippen LogP contribution in [0.25, 0.3) is 0 Å². The summed E-state index contributed by atoms with van der Waals surface area (Å²) >= 11 is 0. The van der Waals surface area contributed by atoms with E-state index in [1.165, 1.54) is 12.8 Å². The minimum atomic E-state index is -0.683. The summed E-state index contributed by atoms with van der Waals surface area (Å²) < 4.78 is 13.3. The molecule has 1 aliphatic heterocycles. The Morgan fingerprint density at radius 3 is 2.64 bits per heavy atom. The van der Waals surface area contributed by atoms with Crippen LogP contribution in [0.1, 0.15) is 39.5 Å². The molecule has 0 aromatic heterocycles. The first-order valence-electron chi connectivity index (χ1n) is 4.61. The van der Waals surface area contributed by atoms with E-state index in [0.29, 0.717) is 6.04 Å². The van der Waals surface area contributed by atoms with E-state index in [1.807, 2.05) is 4.90 Å². The molecule has 1 saturated heterocycles. The van der Waals surface area contributed by atoms with Crippen molar-refractivity contribution in [3.63, 3.8) is 0 Å². The van der Waals surface area contributed by atoms with Crippen molar-refractivity contribution < 1.29 is 4.39 Å². The maximum atomic E-state index is 13.3. The number of nitrogens with zero attached hydrogens (tertiary/aromatic N) is 1. The molecule has 1 rings (SSSR count). The maximum Gasteiger partial charge on any atom is 0.153 e. The summed E-state index contributed by atoms with van der Waals surface area (Å²) in [4.78, 5) is 1.97. The number of likely N-dealkylation sites (tertiary alicyclic amines) is 1. The number of rotatable bonds is 1. The van der Waals surface area contributed by atoms with Gasteiger partial charge in [-0.25, -0.2) is 4.39 Å². The minimum absolute atomic E-state index is 0.364. The summed E-state index contributed by atoms with van der Waals surface area (Å²) in [5.41, 5.74) is 0. The average Bonchev–Trinajstić information content (AvgIpc) is 2.13. The summed E-state index contributed by atoms with van der Waals surface area (Å²) in [5, 5.41) is 0. The van der Waals surface area contributed by atoms with Crippen LogP contribution < -0.4 is 0 Å². The van der Waals surface area contributed by atoms with E-state index in [-0.39, 0.29) is 0 Å². The van der Waals surface area contributed by atoms with Gasteiger partial charge in [-0.3, -0.25) is 4.90 Å². The lowest BCUT2D eigenvalue weighted by molar-refractivity contribution is 0.0563. The summed E-state index contributed by atoms with van der Waals surface area (Å²) in [7, 11) is 0. The first kappa shape index (κ1) is 8.98. The molecule has 1 atom stereocenters.